The average molecular weight is 226 g/mol. The molecule has 0 N–H and O–H groups in total. The fraction of sp³-hybridized carbons (Fsp3) is 0.933. The molecule has 0 heterocycles. The van der Waals surface area contributed by atoms with Crippen molar-refractivity contribution in [2.75, 3.05) is 0 Å². The van der Waals surface area contributed by atoms with E-state index in [0.29, 0.717) is 17.6 Å². The normalized spacial score (nSPS) is 11.8. The van der Waals surface area contributed by atoms with E-state index in [2.05, 4.69) is 20.8 Å². The predicted molar refractivity (Wildman–Crippen MR) is 71.7 cm³/mol. The van der Waals surface area contributed by atoms with Crippen molar-refractivity contribution in [1.82, 2.24) is 0 Å². The molecule has 0 aromatic rings. The first-order valence-electron chi connectivity index (χ1n) is 7.03. The highest BCUT2D eigenvalue weighted by atomic mass is 16.1. The zero-order valence-electron chi connectivity index (χ0n) is 11.8. The minimum Gasteiger partial charge on any atom is -0.300 e. The number of Topliss-reactive ketones (excluding diaryl/α,β-unsaturated/α-hetero) is 1. The van der Waals surface area contributed by atoms with Crippen molar-refractivity contribution in [3.8, 4) is 0 Å². The summed E-state index contributed by atoms with van der Waals surface area (Å²) in [4.78, 5) is 11.1. The molecule has 0 radical (unpaired) electrons. The van der Waals surface area contributed by atoms with E-state index < -0.39 is 0 Å². The second-order valence-corrected chi connectivity index (χ2v) is 5.72. The SMILES string of the molecule is CCCCC(C)(C)CCCCCC(=O)CC. The molecule has 0 rings (SSSR count). The Bertz CT molecular complexity index is 182. The Labute approximate surface area is 102 Å². The van der Waals surface area contributed by atoms with E-state index in [9.17, 15) is 4.79 Å². The Kier molecular flexibility index (Phi) is 8.60. The first-order valence-corrected chi connectivity index (χ1v) is 7.03. The summed E-state index contributed by atoms with van der Waals surface area (Å²) in [6, 6.07) is 0. The summed E-state index contributed by atoms with van der Waals surface area (Å²) < 4.78 is 0. The Hall–Kier alpha value is -0.330. The third-order valence-electron chi connectivity index (χ3n) is 3.41. The molecule has 0 aromatic carbocycles. The summed E-state index contributed by atoms with van der Waals surface area (Å²) in [6.07, 6.45) is 10.4. The number of hydrogen-bond donors (Lipinski definition) is 0. The number of carbonyl (C=O) groups excluding carboxylic acids is 1. The van der Waals surface area contributed by atoms with Crippen LogP contribution in [0.4, 0.5) is 0 Å². The molecule has 0 spiro atoms. The van der Waals surface area contributed by atoms with Crippen LogP contribution in [0.3, 0.4) is 0 Å². The van der Waals surface area contributed by atoms with E-state index in [1.165, 1.54) is 38.5 Å². The minimum absolute atomic E-state index is 0.422. The summed E-state index contributed by atoms with van der Waals surface area (Å²) in [5.74, 6) is 0.422. The molecular weight excluding hydrogens is 196 g/mol. The van der Waals surface area contributed by atoms with Crippen LogP contribution in [0.25, 0.3) is 0 Å². The zero-order valence-corrected chi connectivity index (χ0v) is 11.8. The minimum atomic E-state index is 0.422. The second-order valence-electron chi connectivity index (χ2n) is 5.72. The van der Waals surface area contributed by atoms with Crippen LogP contribution in [0.1, 0.15) is 85.5 Å². The molecule has 0 saturated carbocycles. The van der Waals surface area contributed by atoms with Gasteiger partial charge in [-0.1, -0.05) is 53.4 Å². The topological polar surface area (TPSA) is 17.1 Å². The van der Waals surface area contributed by atoms with E-state index in [-0.39, 0.29) is 0 Å². The third kappa shape index (κ3) is 8.94. The maximum atomic E-state index is 11.1. The van der Waals surface area contributed by atoms with Gasteiger partial charge in [-0.15, -0.1) is 0 Å². The fourth-order valence-electron chi connectivity index (χ4n) is 2.06. The molecule has 1 heteroatoms. The molecule has 0 aliphatic heterocycles. The van der Waals surface area contributed by atoms with Crippen molar-refractivity contribution in [1.29, 1.82) is 0 Å². The van der Waals surface area contributed by atoms with Crippen molar-refractivity contribution < 1.29 is 4.79 Å². The van der Waals surface area contributed by atoms with Gasteiger partial charge in [-0.3, -0.25) is 4.79 Å². The molecule has 0 aromatic heterocycles. The van der Waals surface area contributed by atoms with Crippen molar-refractivity contribution in [2.24, 2.45) is 5.41 Å². The number of unbranched alkanes of at least 4 members (excludes halogenated alkanes) is 3. The Balaban J connectivity index is 3.46. The quantitative estimate of drug-likeness (QED) is 0.472. The molecule has 0 unspecified atom stereocenters. The first kappa shape index (κ1) is 15.7. The Morgan fingerprint density at radius 1 is 0.938 bits per heavy atom. The Morgan fingerprint density at radius 2 is 1.56 bits per heavy atom. The van der Waals surface area contributed by atoms with Crippen LogP contribution in [0.2, 0.25) is 0 Å². The van der Waals surface area contributed by atoms with Crippen molar-refractivity contribution in [2.45, 2.75) is 85.5 Å². The van der Waals surface area contributed by atoms with Crippen LogP contribution in [0.15, 0.2) is 0 Å². The van der Waals surface area contributed by atoms with Crippen LogP contribution in [0.5, 0.6) is 0 Å². The molecule has 96 valence electrons. The van der Waals surface area contributed by atoms with Gasteiger partial charge in [-0.2, -0.15) is 0 Å². The van der Waals surface area contributed by atoms with Crippen LogP contribution in [-0.2, 0) is 4.79 Å². The first-order chi connectivity index (χ1) is 7.52. The monoisotopic (exact) mass is 226 g/mol. The predicted octanol–water partition coefficient (Wildman–Crippen LogP) is 5.13. The molecule has 16 heavy (non-hydrogen) atoms. The molecule has 1 nitrogen and oxygen atoms in total. The van der Waals surface area contributed by atoms with Crippen molar-refractivity contribution >= 4 is 5.78 Å². The largest absolute Gasteiger partial charge is 0.300 e. The molecule has 0 fully saturated rings. The van der Waals surface area contributed by atoms with Gasteiger partial charge in [0.25, 0.3) is 0 Å². The standard InChI is InChI=1S/C15H30O/c1-5-7-12-15(3,4)13-10-8-9-11-14(16)6-2/h5-13H2,1-4H3. The van der Waals surface area contributed by atoms with Crippen molar-refractivity contribution in [3.63, 3.8) is 0 Å². The molecular formula is C15H30O. The van der Waals surface area contributed by atoms with Crippen LogP contribution in [-0.4, -0.2) is 5.78 Å². The van der Waals surface area contributed by atoms with E-state index in [0.717, 1.165) is 12.8 Å². The maximum Gasteiger partial charge on any atom is 0.132 e. The van der Waals surface area contributed by atoms with Crippen LogP contribution < -0.4 is 0 Å². The lowest BCUT2D eigenvalue weighted by atomic mass is 9.82. The zero-order chi connectivity index (χ0) is 12.4. The summed E-state index contributed by atoms with van der Waals surface area (Å²) in [5.41, 5.74) is 0.505. The summed E-state index contributed by atoms with van der Waals surface area (Å²) in [7, 11) is 0. The van der Waals surface area contributed by atoms with Crippen LogP contribution >= 0.6 is 0 Å². The average Bonchev–Trinajstić information content (AvgIpc) is 2.25. The molecule has 0 saturated heterocycles. The molecule has 0 aliphatic rings. The maximum absolute atomic E-state index is 11.1. The number of rotatable bonds is 10. The lowest BCUT2D eigenvalue weighted by molar-refractivity contribution is -0.118. The van der Waals surface area contributed by atoms with Gasteiger partial charge in [-0.25, -0.2) is 0 Å². The fourth-order valence-corrected chi connectivity index (χ4v) is 2.06. The van der Waals surface area contributed by atoms with Gasteiger partial charge in [0.2, 0.25) is 0 Å². The molecule has 0 atom stereocenters. The summed E-state index contributed by atoms with van der Waals surface area (Å²) in [6.45, 7) is 8.96. The van der Waals surface area contributed by atoms with Gasteiger partial charge in [0, 0.05) is 12.8 Å². The lowest BCUT2D eigenvalue weighted by Crippen LogP contribution is -2.10. The van der Waals surface area contributed by atoms with Gasteiger partial charge >= 0.3 is 0 Å². The highest BCUT2D eigenvalue weighted by Crippen LogP contribution is 2.29. The van der Waals surface area contributed by atoms with Gasteiger partial charge < -0.3 is 0 Å². The summed E-state index contributed by atoms with van der Waals surface area (Å²) >= 11 is 0. The molecule has 0 bridgehead atoms. The molecule has 0 amide bonds. The number of carbonyl (C=O) groups is 1. The summed E-state index contributed by atoms with van der Waals surface area (Å²) in [5, 5.41) is 0. The highest BCUT2D eigenvalue weighted by Gasteiger charge is 2.16. The number of hydrogen-bond acceptors (Lipinski definition) is 1. The number of ketones is 1. The van der Waals surface area contributed by atoms with E-state index >= 15 is 0 Å². The van der Waals surface area contributed by atoms with Gasteiger partial charge in [0.05, 0.1) is 0 Å². The van der Waals surface area contributed by atoms with Crippen LogP contribution in [0, 0.1) is 5.41 Å². The molecule has 0 aliphatic carbocycles. The Morgan fingerprint density at radius 3 is 2.12 bits per heavy atom. The van der Waals surface area contributed by atoms with Gasteiger partial charge in [0.1, 0.15) is 5.78 Å². The van der Waals surface area contributed by atoms with E-state index in [1.807, 2.05) is 6.92 Å². The van der Waals surface area contributed by atoms with Gasteiger partial charge in [-0.05, 0) is 24.7 Å². The lowest BCUT2D eigenvalue weighted by Gasteiger charge is -2.24. The van der Waals surface area contributed by atoms with E-state index in [4.69, 9.17) is 0 Å². The highest BCUT2D eigenvalue weighted by molar-refractivity contribution is 5.77. The third-order valence-corrected chi connectivity index (χ3v) is 3.41. The smallest absolute Gasteiger partial charge is 0.132 e. The van der Waals surface area contributed by atoms with E-state index in [1.54, 1.807) is 0 Å². The van der Waals surface area contributed by atoms with Gasteiger partial charge in [0.15, 0.2) is 0 Å². The second kappa shape index (κ2) is 8.78. The van der Waals surface area contributed by atoms with Crippen molar-refractivity contribution in [3.05, 3.63) is 0 Å².